The SMILES string of the molecule is CCc1cc(-c2nc(C3(N)CCCC3)no2)sc1C. The van der Waals surface area contributed by atoms with Gasteiger partial charge in [-0.3, -0.25) is 0 Å². The highest BCUT2D eigenvalue weighted by molar-refractivity contribution is 7.15. The zero-order chi connectivity index (χ0) is 13.5. The minimum atomic E-state index is -0.373. The lowest BCUT2D eigenvalue weighted by Crippen LogP contribution is -2.34. The third-order valence-electron chi connectivity index (χ3n) is 3.98. The van der Waals surface area contributed by atoms with Crippen molar-refractivity contribution in [3.63, 3.8) is 0 Å². The van der Waals surface area contributed by atoms with Crippen LogP contribution in [0.25, 0.3) is 10.8 Å². The smallest absolute Gasteiger partial charge is 0.268 e. The summed E-state index contributed by atoms with van der Waals surface area (Å²) in [6, 6.07) is 2.15. The van der Waals surface area contributed by atoms with E-state index in [4.69, 9.17) is 10.3 Å². The molecule has 5 heteroatoms. The molecular formula is C14H19N3OS. The number of rotatable bonds is 3. The highest BCUT2D eigenvalue weighted by Crippen LogP contribution is 2.36. The molecule has 0 atom stereocenters. The van der Waals surface area contributed by atoms with Crippen LogP contribution >= 0.6 is 11.3 Å². The van der Waals surface area contributed by atoms with Crippen LogP contribution in [0.2, 0.25) is 0 Å². The van der Waals surface area contributed by atoms with Gasteiger partial charge in [-0.15, -0.1) is 11.3 Å². The van der Waals surface area contributed by atoms with Crippen molar-refractivity contribution in [3.05, 3.63) is 22.3 Å². The first-order chi connectivity index (χ1) is 9.12. The van der Waals surface area contributed by atoms with E-state index in [0.717, 1.165) is 37.0 Å². The summed E-state index contributed by atoms with van der Waals surface area (Å²) in [6.07, 6.45) is 5.24. The second-order valence-corrected chi connectivity index (χ2v) is 6.59. The van der Waals surface area contributed by atoms with E-state index in [1.54, 1.807) is 11.3 Å². The lowest BCUT2D eigenvalue weighted by atomic mass is 9.99. The second-order valence-electron chi connectivity index (χ2n) is 5.33. The van der Waals surface area contributed by atoms with Crippen molar-refractivity contribution in [3.8, 4) is 10.8 Å². The van der Waals surface area contributed by atoms with Crippen molar-refractivity contribution in [1.29, 1.82) is 0 Å². The molecule has 4 nitrogen and oxygen atoms in total. The van der Waals surface area contributed by atoms with Gasteiger partial charge in [0.25, 0.3) is 5.89 Å². The molecule has 1 aliphatic carbocycles. The molecule has 0 bridgehead atoms. The summed E-state index contributed by atoms with van der Waals surface area (Å²) in [4.78, 5) is 6.90. The molecule has 0 aromatic carbocycles. The summed E-state index contributed by atoms with van der Waals surface area (Å²) in [5.41, 5.74) is 7.33. The monoisotopic (exact) mass is 277 g/mol. The predicted molar refractivity (Wildman–Crippen MR) is 76.1 cm³/mol. The molecule has 102 valence electrons. The van der Waals surface area contributed by atoms with Crippen LogP contribution in [0.5, 0.6) is 0 Å². The topological polar surface area (TPSA) is 64.9 Å². The standard InChI is InChI=1S/C14H19N3OS/c1-3-10-8-11(19-9(10)2)12-16-13(17-18-12)14(15)6-4-5-7-14/h8H,3-7,15H2,1-2H3. The van der Waals surface area contributed by atoms with Crippen molar-refractivity contribution < 1.29 is 4.52 Å². The molecule has 2 aromatic heterocycles. The highest BCUT2D eigenvalue weighted by Gasteiger charge is 2.36. The zero-order valence-electron chi connectivity index (χ0n) is 11.4. The van der Waals surface area contributed by atoms with Gasteiger partial charge in [0.2, 0.25) is 0 Å². The predicted octanol–water partition coefficient (Wildman–Crippen LogP) is 3.40. The maximum atomic E-state index is 6.35. The first-order valence-electron chi connectivity index (χ1n) is 6.85. The third kappa shape index (κ3) is 2.21. The van der Waals surface area contributed by atoms with Crippen molar-refractivity contribution >= 4 is 11.3 Å². The molecule has 2 aromatic rings. The Morgan fingerprint density at radius 1 is 1.42 bits per heavy atom. The van der Waals surface area contributed by atoms with Crippen LogP contribution in [0.15, 0.2) is 10.6 Å². The maximum Gasteiger partial charge on any atom is 0.268 e. The van der Waals surface area contributed by atoms with Crippen LogP contribution in [0, 0.1) is 6.92 Å². The summed E-state index contributed by atoms with van der Waals surface area (Å²) in [5.74, 6) is 1.28. The van der Waals surface area contributed by atoms with E-state index in [2.05, 4.69) is 30.1 Å². The number of thiophene rings is 1. The maximum absolute atomic E-state index is 6.35. The largest absolute Gasteiger partial charge is 0.333 e. The van der Waals surface area contributed by atoms with Gasteiger partial charge >= 0.3 is 0 Å². The third-order valence-corrected chi connectivity index (χ3v) is 5.06. The average Bonchev–Trinajstić information content (AvgIpc) is 3.07. The summed E-state index contributed by atoms with van der Waals surface area (Å²) in [6.45, 7) is 4.29. The van der Waals surface area contributed by atoms with Crippen molar-refractivity contribution in [2.24, 2.45) is 5.73 Å². The highest BCUT2D eigenvalue weighted by atomic mass is 32.1. The molecule has 2 N–H and O–H groups in total. The molecule has 3 rings (SSSR count). The molecule has 2 heterocycles. The van der Waals surface area contributed by atoms with Gasteiger partial charge in [0.1, 0.15) is 0 Å². The van der Waals surface area contributed by atoms with E-state index in [1.807, 2.05) is 0 Å². The number of nitrogens with two attached hydrogens (primary N) is 1. The minimum Gasteiger partial charge on any atom is -0.333 e. The van der Waals surface area contributed by atoms with Gasteiger partial charge in [-0.05, 0) is 37.8 Å². The van der Waals surface area contributed by atoms with E-state index in [9.17, 15) is 0 Å². The molecule has 1 saturated carbocycles. The Labute approximate surface area is 117 Å². The second kappa shape index (κ2) is 4.72. The fourth-order valence-electron chi connectivity index (χ4n) is 2.73. The van der Waals surface area contributed by atoms with Gasteiger partial charge in [-0.25, -0.2) is 0 Å². The molecule has 19 heavy (non-hydrogen) atoms. The van der Waals surface area contributed by atoms with E-state index >= 15 is 0 Å². The molecule has 1 fully saturated rings. The number of aryl methyl sites for hydroxylation is 2. The Bertz CT molecular complexity index is 581. The minimum absolute atomic E-state index is 0.373. The fourth-order valence-corrected chi connectivity index (χ4v) is 3.77. The van der Waals surface area contributed by atoms with Crippen LogP contribution in [-0.2, 0) is 12.0 Å². The quantitative estimate of drug-likeness (QED) is 0.934. The van der Waals surface area contributed by atoms with Crippen molar-refractivity contribution in [2.45, 2.75) is 51.5 Å². The lowest BCUT2D eigenvalue weighted by Gasteiger charge is -2.17. The van der Waals surface area contributed by atoms with Gasteiger partial charge in [0.05, 0.1) is 10.4 Å². The van der Waals surface area contributed by atoms with Crippen LogP contribution in [-0.4, -0.2) is 10.1 Å². The van der Waals surface area contributed by atoms with Gasteiger partial charge < -0.3 is 10.3 Å². The number of aromatic nitrogens is 2. The Morgan fingerprint density at radius 2 is 2.16 bits per heavy atom. The van der Waals surface area contributed by atoms with Gasteiger partial charge in [0, 0.05) is 4.88 Å². The molecular weight excluding hydrogens is 258 g/mol. The summed E-state index contributed by atoms with van der Waals surface area (Å²) in [5, 5.41) is 4.11. The van der Waals surface area contributed by atoms with E-state index in [-0.39, 0.29) is 5.54 Å². The van der Waals surface area contributed by atoms with Crippen molar-refractivity contribution in [2.75, 3.05) is 0 Å². The first kappa shape index (κ1) is 12.8. The lowest BCUT2D eigenvalue weighted by molar-refractivity contribution is 0.373. The molecule has 1 aliphatic rings. The Kier molecular flexibility index (Phi) is 3.19. The molecule has 0 amide bonds. The number of hydrogen-bond donors (Lipinski definition) is 1. The van der Waals surface area contributed by atoms with Gasteiger partial charge in [-0.1, -0.05) is 24.9 Å². The summed E-state index contributed by atoms with van der Waals surface area (Å²) in [7, 11) is 0. The zero-order valence-corrected chi connectivity index (χ0v) is 12.2. The van der Waals surface area contributed by atoms with Crippen LogP contribution in [0.4, 0.5) is 0 Å². The molecule has 0 radical (unpaired) electrons. The van der Waals surface area contributed by atoms with E-state index in [1.165, 1.54) is 10.4 Å². The first-order valence-corrected chi connectivity index (χ1v) is 7.67. The van der Waals surface area contributed by atoms with Gasteiger partial charge in [-0.2, -0.15) is 4.98 Å². The number of hydrogen-bond acceptors (Lipinski definition) is 5. The molecule has 0 aliphatic heterocycles. The summed E-state index contributed by atoms with van der Waals surface area (Å²) >= 11 is 1.71. The van der Waals surface area contributed by atoms with Crippen LogP contribution in [0.1, 0.15) is 48.9 Å². The average molecular weight is 277 g/mol. The molecule has 0 unspecified atom stereocenters. The van der Waals surface area contributed by atoms with Crippen molar-refractivity contribution in [1.82, 2.24) is 10.1 Å². The fraction of sp³-hybridized carbons (Fsp3) is 0.571. The van der Waals surface area contributed by atoms with Crippen LogP contribution in [0.3, 0.4) is 0 Å². The number of nitrogens with zero attached hydrogens (tertiary/aromatic N) is 2. The normalized spacial score (nSPS) is 18.1. The summed E-state index contributed by atoms with van der Waals surface area (Å²) < 4.78 is 5.41. The Hall–Kier alpha value is -1.20. The Balaban J connectivity index is 1.92. The molecule has 0 saturated heterocycles. The van der Waals surface area contributed by atoms with E-state index in [0.29, 0.717) is 11.7 Å². The van der Waals surface area contributed by atoms with Gasteiger partial charge in [0.15, 0.2) is 5.82 Å². The van der Waals surface area contributed by atoms with E-state index < -0.39 is 0 Å². The molecule has 0 spiro atoms. The Morgan fingerprint density at radius 3 is 2.79 bits per heavy atom. The van der Waals surface area contributed by atoms with Crippen LogP contribution < -0.4 is 5.73 Å².